The number of imidazole rings is 1. The summed E-state index contributed by atoms with van der Waals surface area (Å²) in [6.45, 7) is 2.30. The van der Waals surface area contributed by atoms with E-state index in [1.807, 2.05) is 35.3 Å². The number of aromatic nitrogens is 2. The molecule has 5 heteroatoms. The van der Waals surface area contributed by atoms with Gasteiger partial charge in [0.2, 0.25) is 0 Å². The molecule has 0 saturated carbocycles. The van der Waals surface area contributed by atoms with Crippen molar-refractivity contribution < 1.29 is 9.15 Å². The maximum atomic E-state index is 5.96. The number of nitrogens with zero attached hydrogens (tertiary/aromatic N) is 2. The zero-order valence-electron chi connectivity index (χ0n) is 14.2. The van der Waals surface area contributed by atoms with Crippen LogP contribution in [0.1, 0.15) is 42.5 Å². The van der Waals surface area contributed by atoms with Crippen LogP contribution >= 0.6 is 0 Å². The van der Waals surface area contributed by atoms with Crippen LogP contribution in [0.3, 0.4) is 0 Å². The summed E-state index contributed by atoms with van der Waals surface area (Å²) in [6.07, 6.45) is 9.13. The summed E-state index contributed by atoms with van der Waals surface area (Å²) in [5.74, 6) is 1.90. The van der Waals surface area contributed by atoms with E-state index in [0.717, 1.165) is 43.2 Å². The van der Waals surface area contributed by atoms with Crippen molar-refractivity contribution in [1.29, 1.82) is 0 Å². The van der Waals surface area contributed by atoms with Crippen molar-refractivity contribution in [2.45, 2.75) is 38.5 Å². The lowest BCUT2D eigenvalue weighted by atomic mass is 10.1. The van der Waals surface area contributed by atoms with E-state index in [4.69, 9.17) is 9.15 Å². The molecule has 0 radical (unpaired) electrons. The van der Waals surface area contributed by atoms with Crippen LogP contribution in [-0.4, -0.2) is 16.2 Å². The molecular formula is C20H23N3O2. The molecule has 1 saturated heterocycles. The predicted molar refractivity (Wildman–Crippen MR) is 95.4 cm³/mol. The number of hydrogen-bond acceptors (Lipinski definition) is 4. The Bertz CT molecular complexity index is 789. The van der Waals surface area contributed by atoms with Crippen molar-refractivity contribution in [2.75, 3.05) is 6.61 Å². The maximum Gasteiger partial charge on any atom is 0.133 e. The molecule has 1 atom stereocenters. The first-order valence-corrected chi connectivity index (χ1v) is 8.87. The summed E-state index contributed by atoms with van der Waals surface area (Å²) in [4.78, 5) is 4.13. The predicted octanol–water partition coefficient (Wildman–Crippen LogP) is 4.00. The topological polar surface area (TPSA) is 52.2 Å². The highest BCUT2D eigenvalue weighted by atomic mass is 16.5. The monoisotopic (exact) mass is 337 g/mol. The molecule has 0 bridgehead atoms. The third-order valence-electron chi connectivity index (χ3n) is 4.57. The van der Waals surface area contributed by atoms with Crippen LogP contribution in [0.2, 0.25) is 0 Å². The minimum Gasteiger partial charge on any atom is -0.462 e. The fraction of sp³-hybridized carbons (Fsp3) is 0.350. The summed E-state index contributed by atoms with van der Waals surface area (Å²) in [5, 5.41) is 3.47. The zero-order valence-corrected chi connectivity index (χ0v) is 14.2. The first kappa shape index (κ1) is 16.1. The van der Waals surface area contributed by atoms with E-state index in [-0.39, 0.29) is 6.10 Å². The summed E-state index contributed by atoms with van der Waals surface area (Å²) >= 11 is 0. The van der Waals surface area contributed by atoms with Crippen molar-refractivity contribution >= 4 is 0 Å². The first-order chi connectivity index (χ1) is 12.4. The second-order valence-electron chi connectivity index (χ2n) is 6.36. The molecule has 1 aliphatic heterocycles. The Hall–Kier alpha value is -2.37. The van der Waals surface area contributed by atoms with Gasteiger partial charge in [-0.15, -0.1) is 0 Å². The van der Waals surface area contributed by atoms with Gasteiger partial charge in [0.25, 0.3) is 0 Å². The van der Waals surface area contributed by atoms with Crippen LogP contribution < -0.4 is 5.32 Å². The highest BCUT2D eigenvalue weighted by Crippen LogP contribution is 2.29. The molecule has 0 spiro atoms. The van der Waals surface area contributed by atoms with Gasteiger partial charge < -0.3 is 19.0 Å². The smallest absolute Gasteiger partial charge is 0.133 e. The Morgan fingerprint density at radius 2 is 2.08 bits per heavy atom. The molecule has 1 unspecified atom stereocenters. The van der Waals surface area contributed by atoms with Crippen molar-refractivity contribution in [3.63, 3.8) is 0 Å². The number of benzene rings is 1. The van der Waals surface area contributed by atoms with E-state index in [9.17, 15) is 0 Å². The Balaban J connectivity index is 1.36. The summed E-state index contributed by atoms with van der Waals surface area (Å²) < 4.78 is 13.8. The maximum absolute atomic E-state index is 5.96. The largest absolute Gasteiger partial charge is 0.462 e. The van der Waals surface area contributed by atoms with Crippen molar-refractivity contribution in [1.82, 2.24) is 14.9 Å². The van der Waals surface area contributed by atoms with E-state index < -0.39 is 0 Å². The highest BCUT2D eigenvalue weighted by Gasteiger charge is 2.19. The van der Waals surface area contributed by atoms with E-state index in [1.54, 1.807) is 6.20 Å². The van der Waals surface area contributed by atoms with Gasteiger partial charge in [-0.05, 0) is 43.0 Å². The van der Waals surface area contributed by atoms with Crippen LogP contribution in [0, 0.1) is 0 Å². The van der Waals surface area contributed by atoms with Crippen LogP contribution in [0.5, 0.6) is 0 Å². The van der Waals surface area contributed by atoms with Gasteiger partial charge >= 0.3 is 0 Å². The van der Waals surface area contributed by atoms with Crippen LogP contribution in [0.25, 0.3) is 5.69 Å². The Morgan fingerprint density at radius 1 is 1.12 bits per heavy atom. The normalized spacial score (nSPS) is 17.7. The van der Waals surface area contributed by atoms with Gasteiger partial charge in [-0.25, -0.2) is 4.98 Å². The molecule has 2 aromatic heterocycles. The third kappa shape index (κ3) is 3.83. The number of rotatable bonds is 6. The molecule has 3 aromatic rings. The standard InChI is InChI=1S/C20H23N3O2/c1-2-6-18(23-11-10-21-15-23)16(5-1)13-22-14-17-8-9-20(25-17)19-7-3-4-12-24-19/h1-2,5-6,8-11,15,19,22H,3-4,7,12-14H2. The van der Waals surface area contributed by atoms with Gasteiger partial charge in [-0.3, -0.25) is 0 Å². The summed E-state index contributed by atoms with van der Waals surface area (Å²) in [5.41, 5.74) is 2.37. The number of nitrogens with one attached hydrogen (secondary N) is 1. The van der Waals surface area contributed by atoms with Crippen molar-refractivity contribution in [2.24, 2.45) is 0 Å². The molecule has 1 aliphatic rings. The van der Waals surface area contributed by atoms with Crippen LogP contribution in [0.4, 0.5) is 0 Å². The molecule has 1 aromatic carbocycles. The molecular weight excluding hydrogens is 314 g/mol. The highest BCUT2D eigenvalue weighted by molar-refractivity contribution is 5.40. The van der Waals surface area contributed by atoms with Gasteiger partial charge in [0.15, 0.2) is 0 Å². The second-order valence-corrected chi connectivity index (χ2v) is 6.36. The van der Waals surface area contributed by atoms with Crippen LogP contribution in [-0.2, 0) is 17.8 Å². The van der Waals surface area contributed by atoms with E-state index in [2.05, 4.69) is 28.5 Å². The van der Waals surface area contributed by atoms with Gasteiger partial charge in [0.1, 0.15) is 17.6 Å². The number of hydrogen-bond donors (Lipinski definition) is 1. The molecule has 0 amide bonds. The average molecular weight is 337 g/mol. The van der Waals surface area contributed by atoms with Gasteiger partial charge in [0, 0.05) is 25.5 Å². The summed E-state index contributed by atoms with van der Waals surface area (Å²) in [7, 11) is 0. The Kier molecular flexibility index (Phi) is 4.95. The van der Waals surface area contributed by atoms with E-state index in [1.165, 1.54) is 12.0 Å². The molecule has 5 nitrogen and oxygen atoms in total. The SMILES string of the molecule is c1ccc(-n2ccnc2)c(CNCc2ccc(C3CCCCO3)o2)c1. The quantitative estimate of drug-likeness (QED) is 0.739. The zero-order chi connectivity index (χ0) is 16.9. The molecule has 4 rings (SSSR count). The van der Waals surface area contributed by atoms with Crippen LogP contribution in [0.15, 0.2) is 59.5 Å². The Morgan fingerprint density at radius 3 is 2.92 bits per heavy atom. The average Bonchev–Trinajstić information content (AvgIpc) is 3.35. The molecule has 3 heterocycles. The molecule has 1 N–H and O–H groups in total. The third-order valence-corrected chi connectivity index (χ3v) is 4.57. The lowest BCUT2D eigenvalue weighted by Crippen LogP contribution is -2.14. The second kappa shape index (κ2) is 7.68. The molecule has 25 heavy (non-hydrogen) atoms. The fourth-order valence-electron chi connectivity index (χ4n) is 3.26. The van der Waals surface area contributed by atoms with E-state index >= 15 is 0 Å². The van der Waals surface area contributed by atoms with Crippen molar-refractivity contribution in [3.8, 4) is 5.69 Å². The minimum atomic E-state index is 0.129. The van der Waals surface area contributed by atoms with Gasteiger partial charge in [0.05, 0.1) is 18.6 Å². The fourth-order valence-corrected chi connectivity index (χ4v) is 3.26. The van der Waals surface area contributed by atoms with Crippen molar-refractivity contribution in [3.05, 3.63) is 72.2 Å². The lowest BCUT2D eigenvalue weighted by molar-refractivity contribution is 0.00122. The Labute approximate surface area is 147 Å². The number of ether oxygens (including phenoxy) is 1. The molecule has 1 fully saturated rings. The number of furan rings is 1. The van der Waals surface area contributed by atoms with Gasteiger partial charge in [-0.1, -0.05) is 18.2 Å². The first-order valence-electron chi connectivity index (χ1n) is 8.87. The minimum absolute atomic E-state index is 0.129. The molecule has 0 aliphatic carbocycles. The summed E-state index contributed by atoms with van der Waals surface area (Å²) in [6, 6.07) is 12.4. The number of para-hydroxylation sites is 1. The molecule has 130 valence electrons. The lowest BCUT2D eigenvalue weighted by Gasteiger charge is -2.20. The van der Waals surface area contributed by atoms with E-state index in [0.29, 0.717) is 6.54 Å². The van der Waals surface area contributed by atoms with Gasteiger partial charge in [-0.2, -0.15) is 0 Å².